The molecule has 2 aromatic heterocycles. The highest BCUT2D eigenvalue weighted by Crippen LogP contribution is 2.59. The van der Waals surface area contributed by atoms with Gasteiger partial charge >= 0.3 is 0 Å². The van der Waals surface area contributed by atoms with Crippen molar-refractivity contribution in [2.24, 2.45) is 0 Å². The van der Waals surface area contributed by atoms with E-state index < -0.39 is 0 Å². The van der Waals surface area contributed by atoms with Crippen molar-refractivity contribution in [3.63, 3.8) is 0 Å². The Morgan fingerprint density at radius 1 is 0.365 bits per heavy atom. The van der Waals surface area contributed by atoms with E-state index in [-0.39, 0.29) is 22.2 Å². The third kappa shape index (κ3) is 5.94. The largest absolute Gasteiger partial charge is 0.455 e. The fraction of sp³-hybridized carbons (Fsp3) is 0.167. The smallest absolute Gasteiger partial charge is 0.143 e. The van der Waals surface area contributed by atoms with Crippen LogP contribution < -0.4 is 0 Å². The molecule has 2 heteroatoms. The summed E-state index contributed by atoms with van der Waals surface area (Å²) in [7, 11) is 0. The Morgan fingerprint density at radius 2 is 0.851 bits per heavy atom. The SMILES string of the molecule is CC1(C)c2ccccc2-c2c(C(CCc3ccc4c(c3)C(C)(C)c3cc(-c5ccccc5)c5oc6ccccc6c5c3-4)c3ccc4c(c3)C(C)(C)c3cc(-c5ccccc5)c5oc6ccccc6c5c3-4)cccc21. The molecule has 0 aliphatic heterocycles. The molecule has 0 spiro atoms. The van der Waals surface area contributed by atoms with Crippen LogP contribution in [-0.4, -0.2) is 0 Å². The van der Waals surface area contributed by atoms with Crippen molar-refractivity contribution in [2.45, 2.75) is 76.5 Å². The monoisotopic (exact) mass is 952 g/mol. The third-order valence-electron chi connectivity index (χ3n) is 18.0. The molecule has 3 aliphatic rings. The van der Waals surface area contributed by atoms with Gasteiger partial charge in [-0.1, -0.05) is 217 Å². The van der Waals surface area contributed by atoms with Gasteiger partial charge in [0.15, 0.2) is 0 Å². The second kappa shape index (κ2) is 15.4. The van der Waals surface area contributed by atoms with Gasteiger partial charge in [-0.25, -0.2) is 0 Å². The fourth-order valence-electron chi connectivity index (χ4n) is 14.2. The molecule has 74 heavy (non-hydrogen) atoms. The van der Waals surface area contributed by atoms with Gasteiger partial charge in [0, 0.05) is 54.8 Å². The van der Waals surface area contributed by atoms with Crippen LogP contribution in [-0.2, 0) is 22.7 Å². The van der Waals surface area contributed by atoms with Crippen LogP contribution in [0.3, 0.4) is 0 Å². The van der Waals surface area contributed by atoms with Crippen LogP contribution in [0.25, 0.3) is 99.5 Å². The Hall–Kier alpha value is -8.20. The Balaban J connectivity index is 0.883. The topological polar surface area (TPSA) is 26.3 Å². The standard InChI is InChI=1S/C72H56O2/c1-70(2)55-28-16-13-24-48(55)63-47(27-19-29-56(63)70)46(45-34-37-50-58(39-45)72(5,6)60-41-54(44-22-11-8-12-23-44)69-67(65(50)60)52-26-15-18-31-62(52)74-69)35-32-42-33-36-49-57(38-42)71(3,4)59-40-53(43-20-9-7-10-21-43)68-66(64(49)59)51-25-14-17-30-61(51)73-68/h7-31,33-34,36-41,46H,32,35H2,1-6H3. The van der Waals surface area contributed by atoms with Crippen LogP contribution in [0.1, 0.15) is 104 Å². The number of hydrogen-bond acceptors (Lipinski definition) is 2. The van der Waals surface area contributed by atoms with E-state index in [2.05, 4.69) is 242 Å². The summed E-state index contributed by atoms with van der Waals surface area (Å²) in [5.41, 5.74) is 28.3. The number of fused-ring (bicyclic) bond motifs is 17. The molecule has 12 aromatic rings. The van der Waals surface area contributed by atoms with Crippen molar-refractivity contribution in [1.82, 2.24) is 0 Å². The van der Waals surface area contributed by atoms with Crippen molar-refractivity contribution in [3.8, 4) is 55.6 Å². The lowest BCUT2D eigenvalue weighted by Gasteiger charge is -2.27. The summed E-state index contributed by atoms with van der Waals surface area (Å²) in [6, 6.07) is 74.8. The Kier molecular flexibility index (Phi) is 9.04. The molecule has 0 N–H and O–H groups in total. The molecule has 0 bridgehead atoms. The molecule has 2 heterocycles. The summed E-state index contributed by atoms with van der Waals surface area (Å²) in [4.78, 5) is 0. The Labute approximate surface area is 433 Å². The predicted octanol–water partition coefficient (Wildman–Crippen LogP) is 19.5. The first-order valence-corrected chi connectivity index (χ1v) is 26.6. The van der Waals surface area contributed by atoms with Crippen LogP contribution >= 0.6 is 0 Å². The van der Waals surface area contributed by atoms with E-state index in [1.807, 2.05) is 0 Å². The maximum Gasteiger partial charge on any atom is 0.143 e. The molecule has 0 saturated carbocycles. The van der Waals surface area contributed by atoms with Gasteiger partial charge in [0.1, 0.15) is 22.3 Å². The second-order valence-corrected chi connectivity index (χ2v) is 23.0. The number of benzene rings is 10. The molecule has 0 radical (unpaired) electrons. The molecule has 0 saturated heterocycles. The molecule has 10 aromatic carbocycles. The maximum absolute atomic E-state index is 6.84. The van der Waals surface area contributed by atoms with Crippen LogP contribution in [0, 0.1) is 0 Å². The van der Waals surface area contributed by atoms with E-state index in [9.17, 15) is 0 Å². The normalized spacial score (nSPS) is 15.5. The minimum atomic E-state index is -0.263. The zero-order valence-electron chi connectivity index (χ0n) is 42.9. The quantitative estimate of drug-likeness (QED) is 0.159. The van der Waals surface area contributed by atoms with Gasteiger partial charge in [-0.2, -0.15) is 0 Å². The van der Waals surface area contributed by atoms with Gasteiger partial charge in [-0.3, -0.25) is 0 Å². The summed E-state index contributed by atoms with van der Waals surface area (Å²) in [6.45, 7) is 14.5. The molecule has 0 fully saturated rings. The Morgan fingerprint density at radius 3 is 1.46 bits per heavy atom. The average Bonchev–Trinajstić information content (AvgIpc) is 4.20. The highest BCUT2D eigenvalue weighted by Gasteiger charge is 2.42. The predicted molar refractivity (Wildman–Crippen MR) is 308 cm³/mol. The number of furan rings is 2. The van der Waals surface area contributed by atoms with Crippen LogP contribution in [0.15, 0.2) is 209 Å². The van der Waals surface area contributed by atoms with E-state index in [0.29, 0.717) is 0 Å². The van der Waals surface area contributed by atoms with Crippen molar-refractivity contribution in [3.05, 3.63) is 250 Å². The minimum absolute atomic E-state index is 0.101. The van der Waals surface area contributed by atoms with E-state index in [1.54, 1.807) is 0 Å². The molecule has 1 atom stereocenters. The summed E-state index contributed by atoms with van der Waals surface area (Å²) in [5, 5.41) is 4.78. The molecule has 3 aliphatic carbocycles. The van der Waals surface area contributed by atoms with E-state index in [0.717, 1.165) is 46.3 Å². The summed E-state index contributed by atoms with van der Waals surface area (Å²) >= 11 is 0. The zero-order chi connectivity index (χ0) is 49.8. The number of aryl methyl sites for hydroxylation is 1. The Bertz CT molecular complexity index is 4330. The number of para-hydroxylation sites is 2. The van der Waals surface area contributed by atoms with Gasteiger partial charge in [0.2, 0.25) is 0 Å². The van der Waals surface area contributed by atoms with Gasteiger partial charge < -0.3 is 8.83 Å². The highest BCUT2D eigenvalue weighted by molar-refractivity contribution is 6.20. The van der Waals surface area contributed by atoms with Gasteiger partial charge in [-0.15, -0.1) is 0 Å². The fourth-order valence-corrected chi connectivity index (χ4v) is 14.2. The van der Waals surface area contributed by atoms with Crippen LogP contribution in [0.2, 0.25) is 0 Å². The highest BCUT2D eigenvalue weighted by atomic mass is 16.3. The number of hydrogen-bond donors (Lipinski definition) is 0. The minimum Gasteiger partial charge on any atom is -0.455 e. The number of rotatable bonds is 7. The van der Waals surface area contributed by atoms with Crippen molar-refractivity contribution >= 4 is 43.9 Å². The van der Waals surface area contributed by atoms with E-state index >= 15 is 0 Å². The van der Waals surface area contributed by atoms with Crippen LogP contribution in [0.4, 0.5) is 0 Å². The first-order valence-electron chi connectivity index (χ1n) is 26.6. The molecular formula is C72H56O2. The van der Waals surface area contributed by atoms with Gasteiger partial charge in [0.25, 0.3) is 0 Å². The van der Waals surface area contributed by atoms with Crippen molar-refractivity contribution < 1.29 is 8.83 Å². The first-order chi connectivity index (χ1) is 36.0. The van der Waals surface area contributed by atoms with Gasteiger partial charge in [0.05, 0.1) is 0 Å². The third-order valence-corrected chi connectivity index (χ3v) is 18.0. The molecule has 15 rings (SSSR count). The molecular weight excluding hydrogens is 897 g/mol. The first kappa shape index (κ1) is 43.4. The van der Waals surface area contributed by atoms with E-state index in [4.69, 9.17) is 8.83 Å². The molecule has 1 unspecified atom stereocenters. The average molecular weight is 953 g/mol. The lowest BCUT2D eigenvalue weighted by atomic mass is 9.77. The summed E-state index contributed by atoms with van der Waals surface area (Å²) in [5.74, 6) is 0.134. The van der Waals surface area contributed by atoms with Crippen LogP contribution in [0.5, 0.6) is 0 Å². The van der Waals surface area contributed by atoms with E-state index in [1.165, 1.54) is 116 Å². The molecule has 0 amide bonds. The maximum atomic E-state index is 6.84. The second-order valence-electron chi connectivity index (χ2n) is 23.0. The zero-order valence-corrected chi connectivity index (χ0v) is 42.9. The lowest BCUT2D eigenvalue weighted by molar-refractivity contribution is 0.649. The summed E-state index contributed by atoms with van der Waals surface area (Å²) < 4.78 is 13.6. The van der Waals surface area contributed by atoms with Gasteiger partial charge in [-0.05, 0) is 132 Å². The molecule has 356 valence electrons. The molecule has 2 nitrogen and oxygen atoms in total. The van der Waals surface area contributed by atoms with Crippen molar-refractivity contribution in [1.29, 1.82) is 0 Å². The summed E-state index contributed by atoms with van der Waals surface area (Å²) in [6.07, 6.45) is 1.89. The lowest BCUT2D eigenvalue weighted by Crippen LogP contribution is -2.17. The van der Waals surface area contributed by atoms with Crippen molar-refractivity contribution in [2.75, 3.05) is 0 Å².